The van der Waals surface area contributed by atoms with Crippen molar-refractivity contribution in [2.24, 2.45) is 0 Å². The van der Waals surface area contributed by atoms with Gasteiger partial charge in [0.15, 0.2) is 0 Å². The van der Waals surface area contributed by atoms with Gasteiger partial charge in [-0.1, -0.05) is 0 Å². The fourth-order valence-corrected chi connectivity index (χ4v) is 2.51. The fourth-order valence-electron chi connectivity index (χ4n) is 1.85. The van der Waals surface area contributed by atoms with Crippen LogP contribution in [0, 0.1) is 0 Å². The van der Waals surface area contributed by atoms with E-state index in [9.17, 15) is 4.79 Å². The highest BCUT2D eigenvalue weighted by atomic mass is 32.2. The van der Waals surface area contributed by atoms with Crippen LogP contribution in [0.2, 0.25) is 0 Å². The van der Waals surface area contributed by atoms with Gasteiger partial charge in [0.2, 0.25) is 5.91 Å². The van der Waals surface area contributed by atoms with Crippen molar-refractivity contribution in [1.82, 2.24) is 10.2 Å². The van der Waals surface area contributed by atoms with Crippen molar-refractivity contribution >= 4 is 17.7 Å². The molecule has 0 bridgehead atoms. The van der Waals surface area contributed by atoms with Gasteiger partial charge in [-0.15, -0.1) is 0 Å². The van der Waals surface area contributed by atoms with Crippen molar-refractivity contribution in [3.05, 3.63) is 0 Å². The van der Waals surface area contributed by atoms with Gasteiger partial charge in [0.25, 0.3) is 0 Å². The summed E-state index contributed by atoms with van der Waals surface area (Å²) in [6, 6.07) is 1.26. The van der Waals surface area contributed by atoms with Gasteiger partial charge in [0.1, 0.15) is 0 Å². The second-order valence-corrected chi connectivity index (χ2v) is 4.93. The number of thioether (sulfide) groups is 1. The highest BCUT2D eigenvalue weighted by molar-refractivity contribution is 8.00. The average Bonchev–Trinajstić information content (AvgIpc) is 2.44. The molecule has 2 aliphatic heterocycles. The molecule has 4 heteroatoms. The molecule has 0 aromatic heterocycles. The van der Waals surface area contributed by atoms with E-state index >= 15 is 0 Å². The van der Waals surface area contributed by atoms with Crippen molar-refractivity contribution in [2.75, 3.05) is 24.6 Å². The zero-order chi connectivity index (χ0) is 9.26. The first-order valence-corrected chi connectivity index (χ1v) is 6.00. The summed E-state index contributed by atoms with van der Waals surface area (Å²) < 4.78 is 0. The first-order chi connectivity index (χ1) is 6.25. The maximum absolute atomic E-state index is 11.1. The summed E-state index contributed by atoms with van der Waals surface area (Å²) in [6.07, 6.45) is 1.13. The second kappa shape index (κ2) is 3.88. The van der Waals surface area contributed by atoms with E-state index < -0.39 is 0 Å². The summed E-state index contributed by atoms with van der Waals surface area (Å²) in [5.41, 5.74) is 0. The standard InChI is InChI=1S/C9H16N2OS/c1-7(12)11-3-2-8(4-11)10-9-5-13-6-9/h8-10H,2-6H2,1H3. The van der Waals surface area contributed by atoms with Crippen LogP contribution in [-0.4, -0.2) is 47.5 Å². The van der Waals surface area contributed by atoms with E-state index in [4.69, 9.17) is 0 Å². The Morgan fingerprint density at radius 1 is 1.46 bits per heavy atom. The predicted octanol–water partition coefficient (Wildman–Crippen LogP) is 0.312. The quantitative estimate of drug-likeness (QED) is 0.696. The number of rotatable bonds is 2. The van der Waals surface area contributed by atoms with Crippen molar-refractivity contribution in [2.45, 2.75) is 25.4 Å². The number of carbonyl (C=O) groups excluding carboxylic acids is 1. The van der Waals surface area contributed by atoms with Crippen molar-refractivity contribution in [3.63, 3.8) is 0 Å². The van der Waals surface area contributed by atoms with Gasteiger partial charge in [-0.3, -0.25) is 4.79 Å². The summed E-state index contributed by atoms with van der Waals surface area (Å²) in [7, 11) is 0. The van der Waals surface area contributed by atoms with Gasteiger partial charge in [0, 0.05) is 43.6 Å². The number of hydrogen-bond donors (Lipinski definition) is 1. The summed E-state index contributed by atoms with van der Waals surface area (Å²) in [6.45, 7) is 3.50. The van der Waals surface area contributed by atoms with Gasteiger partial charge < -0.3 is 10.2 Å². The zero-order valence-electron chi connectivity index (χ0n) is 7.95. The second-order valence-electron chi connectivity index (χ2n) is 3.85. The van der Waals surface area contributed by atoms with Crippen LogP contribution < -0.4 is 5.32 Å². The molecule has 0 aromatic rings. The number of nitrogens with one attached hydrogen (secondary N) is 1. The summed E-state index contributed by atoms with van der Waals surface area (Å²) >= 11 is 1.99. The molecule has 13 heavy (non-hydrogen) atoms. The lowest BCUT2D eigenvalue weighted by Crippen LogP contribution is -2.47. The summed E-state index contributed by atoms with van der Waals surface area (Å²) in [4.78, 5) is 13.0. The smallest absolute Gasteiger partial charge is 0.219 e. The Morgan fingerprint density at radius 2 is 2.23 bits per heavy atom. The molecule has 0 spiro atoms. The number of nitrogens with zero attached hydrogens (tertiary/aromatic N) is 1. The van der Waals surface area contributed by atoms with E-state index in [0.29, 0.717) is 12.1 Å². The molecule has 2 saturated heterocycles. The average molecular weight is 200 g/mol. The molecular weight excluding hydrogens is 184 g/mol. The highest BCUT2D eigenvalue weighted by Gasteiger charge is 2.28. The number of carbonyl (C=O) groups is 1. The van der Waals surface area contributed by atoms with Gasteiger partial charge >= 0.3 is 0 Å². The Balaban J connectivity index is 1.74. The normalized spacial score (nSPS) is 29.0. The molecule has 0 radical (unpaired) electrons. The maximum atomic E-state index is 11.1. The number of hydrogen-bond acceptors (Lipinski definition) is 3. The Labute approximate surface area is 83.2 Å². The molecule has 0 saturated carbocycles. The van der Waals surface area contributed by atoms with Gasteiger partial charge in [-0.2, -0.15) is 11.8 Å². The molecule has 74 valence electrons. The van der Waals surface area contributed by atoms with E-state index in [1.54, 1.807) is 6.92 Å². The Bertz CT molecular complexity index is 206. The van der Waals surface area contributed by atoms with Crippen LogP contribution in [0.25, 0.3) is 0 Å². The molecule has 2 fully saturated rings. The molecule has 0 aliphatic carbocycles. The monoisotopic (exact) mass is 200 g/mol. The van der Waals surface area contributed by atoms with Crippen molar-refractivity contribution in [1.29, 1.82) is 0 Å². The van der Waals surface area contributed by atoms with E-state index in [2.05, 4.69) is 5.32 Å². The van der Waals surface area contributed by atoms with E-state index in [0.717, 1.165) is 19.5 Å². The highest BCUT2D eigenvalue weighted by Crippen LogP contribution is 2.19. The molecule has 1 atom stereocenters. The van der Waals surface area contributed by atoms with Crippen LogP contribution in [0.4, 0.5) is 0 Å². The van der Waals surface area contributed by atoms with Crippen molar-refractivity contribution < 1.29 is 4.79 Å². The van der Waals surface area contributed by atoms with E-state index in [1.807, 2.05) is 16.7 Å². The molecule has 2 heterocycles. The first-order valence-electron chi connectivity index (χ1n) is 4.85. The topological polar surface area (TPSA) is 32.3 Å². The lowest BCUT2D eigenvalue weighted by Gasteiger charge is -2.29. The Hall–Kier alpha value is -0.220. The SMILES string of the molecule is CC(=O)N1CCC(NC2CSC2)C1. The summed E-state index contributed by atoms with van der Waals surface area (Å²) in [5, 5.41) is 3.59. The third-order valence-electron chi connectivity index (χ3n) is 2.74. The molecular formula is C9H16N2OS. The van der Waals surface area contributed by atoms with Crippen molar-refractivity contribution in [3.8, 4) is 0 Å². The molecule has 2 rings (SSSR count). The maximum Gasteiger partial charge on any atom is 0.219 e. The molecule has 2 aliphatic rings. The van der Waals surface area contributed by atoms with Gasteiger partial charge in [-0.05, 0) is 6.42 Å². The zero-order valence-corrected chi connectivity index (χ0v) is 8.77. The van der Waals surface area contributed by atoms with Crippen LogP contribution in [0.15, 0.2) is 0 Å². The van der Waals surface area contributed by atoms with Crippen LogP contribution >= 0.6 is 11.8 Å². The van der Waals surface area contributed by atoms with Crippen LogP contribution in [-0.2, 0) is 4.79 Å². The van der Waals surface area contributed by atoms with Crippen LogP contribution in [0.5, 0.6) is 0 Å². The lowest BCUT2D eigenvalue weighted by atomic mass is 10.2. The third-order valence-corrected chi connectivity index (χ3v) is 4.02. The molecule has 1 unspecified atom stereocenters. The minimum absolute atomic E-state index is 0.215. The van der Waals surface area contributed by atoms with E-state index in [-0.39, 0.29) is 5.91 Å². The number of amides is 1. The minimum Gasteiger partial charge on any atom is -0.341 e. The molecule has 0 aromatic carbocycles. The van der Waals surface area contributed by atoms with Crippen LogP contribution in [0.3, 0.4) is 0 Å². The molecule has 1 amide bonds. The predicted molar refractivity (Wildman–Crippen MR) is 54.9 cm³/mol. The first kappa shape index (κ1) is 9.34. The Kier molecular flexibility index (Phi) is 2.79. The van der Waals surface area contributed by atoms with Crippen LogP contribution in [0.1, 0.15) is 13.3 Å². The molecule has 1 N–H and O–H groups in total. The minimum atomic E-state index is 0.215. The number of likely N-dealkylation sites (tertiary alicyclic amines) is 1. The van der Waals surface area contributed by atoms with E-state index in [1.165, 1.54) is 11.5 Å². The summed E-state index contributed by atoms with van der Waals surface area (Å²) in [5.74, 6) is 2.71. The van der Waals surface area contributed by atoms with Gasteiger partial charge in [0.05, 0.1) is 0 Å². The van der Waals surface area contributed by atoms with Gasteiger partial charge in [-0.25, -0.2) is 0 Å². The largest absolute Gasteiger partial charge is 0.341 e. The third kappa shape index (κ3) is 2.17. The lowest BCUT2D eigenvalue weighted by molar-refractivity contribution is -0.127. The molecule has 3 nitrogen and oxygen atoms in total. The Morgan fingerprint density at radius 3 is 2.69 bits per heavy atom. The fraction of sp³-hybridized carbons (Fsp3) is 0.889.